The fraction of sp³-hybridized carbons (Fsp3) is 0.174. The molecule has 0 unspecified atom stereocenters. The first-order chi connectivity index (χ1) is 16.6. The van der Waals surface area contributed by atoms with E-state index in [4.69, 9.17) is 4.74 Å². The van der Waals surface area contributed by atoms with Crippen molar-refractivity contribution in [3.63, 3.8) is 0 Å². The van der Waals surface area contributed by atoms with E-state index in [1.54, 1.807) is 13.8 Å². The number of allylic oxidation sites excluding steroid dienone is 1. The number of nitrogens with zero attached hydrogens (tertiary/aromatic N) is 3. The molecule has 3 aromatic rings. The van der Waals surface area contributed by atoms with Crippen LogP contribution in [0.15, 0.2) is 61.9 Å². The van der Waals surface area contributed by atoms with Crippen LogP contribution in [0.5, 0.6) is 5.75 Å². The van der Waals surface area contributed by atoms with Gasteiger partial charge in [-0.1, -0.05) is 23.5 Å². The highest BCUT2D eigenvalue weighted by Crippen LogP contribution is 2.35. The van der Waals surface area contributed by atoms with Crippen molar-refractivity contribution in [2.75, 3.05) is 6.61 Å². The molecule has 0 amide bonds. The van der Waals surface area contributed by atoms with Gasteiger partial charge < -0.3 is 9.84 Å². The summed E-state index contributed by atoms with van der Waals surface area (Å²) >= 11 is 4.12. The second-order valence-electron chi connectivity index (χ2n) is 7.48. The van der Waals surface area contributed by atoms with Gasteiger partial charge in [-0.3, -0.25) is 19.5 Å². The number of phenolic OH excluding ortho intramolecular Hbond substituents is 1. The SMILES string of the molecule is CCOC(=O)C1=C(C)N=c2s/c(=C\c3cc(Br)c(O)c([N+](=O)[O-])c3)c(=O)n2[C@@H]1c1ccc(F)cc1. The van der Waals surface area contributed by atoms with E-state index in [9.17, 15) is 29.2 Å². The molecule has 1 aliphatic heterocycles. The van der Waals surface area contributed by atoms with Gasteiger partial charge in [-0.15, -0.1) is 0 Å². The van der Waals surface area contributed by atoms with Crippen LogP contribution in [0.4, 0.5) is 10.1 Å². The maximum absolute atomic E-state index is 13.6. The number of nitro benzene ring substituents is 1. The van der Waals surface area contributed by atoms with Gasteiger partial charge in [-0.25, -0.2) is 14.2 Å². The molecule has 0 aliphatic carbocycles. The zero-order valence-corrected chi connectivity index (χ0v) is 20.7. The maximum Gasteiger partial charge on any atom is 0.338 e. The highest BCUT2D eigenvalue weighted by atomic mass is 79.9. The molecule has 0 fully saturated rings. The molecule has 12 heteroatoms. The van der Waals surface area contributed by atoms with Crippen LogP contribution in [0.25, 0.3) is 6.08 Å². The molecule has 2 aromatic carbocycles. The Kier molecular flexibility index (Phi) is 6.68. The molecule has 0 saturated heterocycles. The minimum absolute atomic E-state index is 0.0929. The quantitative estimate of drug-likeness (QED) is 0.289. The Bertz CT molecular complexity index is 1580. The second kappa shape index (κ2) is 9.55. The van der Waals surface area contributed by atoms with Gasteiger partial charge >= 0.3 is 11.7 Å². The molecule has 4 rings (SSSR count). The number of aromatic hydroxyl groups is 1. The van der Waals surface area contributed by atoms with Gasteiger partial charge in [0, 0.05) is 6.07 Å². The Labute approximate surface area is 209 Å². The third kappa shape index (κ3) is 4.54. The van der Waals surface area contributed by atoms with E-state index in [0.29, 0.717) is 21.6 Å². The summed E-state index contributed by atoms with van der Waals surface area (Å²) in [5.41, 5.74) is 0.270. The Morgan fingerprint density at radius 1 is 1.37 bits per heavy atom. The van der Waals surface area contributed by atoms with Gasteiger partial charge in [0.15, 0.2) is 4.80 Å². The zero-order chi connectivity index (χ0) is 25.4. The first-order valence-corrected chi connectivity index (χ1v) is 11.8. The average Bonchev–Trinajstić information content (AvgIpc) is 3.10. The summed E-state index contributed by atoms with van der Waals surface area (Å²) in [4.78, 5) is 41.6. The predicted molar refractivity (Wildman–Crippen MR) is 129 cm³/mol. The molecule has 1 aliphatic rings. The average molecular weight is 562 g/mol. The van der Waals surface area contributed by atoms with Crippen LogP contribution in [0.2, 0.25) is 0 Å². The summed E-state index contributed by atoms with van der Waals surface area (Å²) in [7, 11) is 0. The number of carbonyl (C=O) groups excluding carboxylic acids is 1. The Balaban J connectivity index is 1.96. The first kappa shape index (κ1) is 24.5. The third-order valence-electron chi connectivity index (χ3n) is 5.26. The van der Waals surface area contributed by atoms with Crippen LogP contribution in [-0.2, 0) is 9.53 Å². The van der Waals surface area contributed by atoms with Crippen molar-refractivity contribution in [3.8, 4) is 5.75 Å². The summed E-state index contributed by atoms with van der Waals surface area (Å²) in [5, 5.41) is 21.2. The molecule has 0 spiro atoms. The second-order valence-corrected chi connectivity index (χ2v) is 9.34. The molecule has 35 heavy (non-hydrogen) atoms. The summed E-state index contributed by atoms with van der Waals surface area (Å²) < 4.78 is 20.4. The van der Waals surface area contributed by atoms with Crippen LogP contribution in [0.1, 0.15) is 31.0 Å². The lowest BCUT2D eigenvalue weighted by Crippen LogP contribution is -2.39. The topological polar surface area (TPSA) is 124 Å². The molecule has 2 heterocycles. The monoisotopic (exact) mass is 561 g/mol. The minimum Gasteiger partial charge on any atom is -0.501 e. The van der Waals surface area contributed by atoms with Gasteiger partial charge in [0.2, 0.25) is 5.75 Å². The number of esters is 1. The van der Waals surface area contributed by atoms with E-state index in [-0.39, 0.29) is 21.2 Å². The van der Waals surface area contributed by atoms with E-state index < -0.39 is 39.7 Å². The molecule has 0 saturated carbocycles. The number of fused-ring (bicyclic) bond motifs is 1. The summed E-state index contributed by atoms with van der Waals surface area (Å²) in [6.07, 6.45) is 1.44. The standard InChI is InChI=1S/C23H17BrFN3O6S/c1-3-34-22(31)18-11(2)26-23-27(19(18)13-4-6-14(25)7-5-13)21(30)17(35-23)10-12-8-15(24)20(29)16(9-12)28(32)33/h4-10,19,29H,3H2,1-2H3/b17-10-/t19-/m1/s1. The lowest BCUT2D eigenvalue weighted by molar-refractivity contribution is -0.386. The maximum atomic E-state index is 13.6. The minimum atomic E-state index is -0.908. The molecule has 1 N–H and O–H groups in total. The van der Waals surface area contributed by atoms with E-state index >= 15 is 0 Å². The third-order valence-corrected chi connectivity index (χ3v) is 6.85. The fourth-order valence-corrected chi connectivity index (χ4v) is 5.24. The summed E-state index contributed by atoms with van der Waals surface area (Å²) in [6, 6.07) is 7.10. The number of thiazole rings is 1. The summed E-state index contributed by atoms with van der Waals surface area (Å²) in [5.74, 6) is -1.64. The van der Waals surface area contributed by atoms with Crippen LogP contribution in [0, 0.1) is 15.9 Å². The molecular formula is C23H17BrFN3O6S. The summed E-state index contributed by atoms with van der Waals surface area (Å²) in [6.45, 7) is 3.40. The van der Waals surface area contributed by atoms with Gasteiger partial charge in [0.1, 0.15) is 5.82 Å². The van der Waals surface area contributed by atoms with Crippen molar-refractivity contribution < 1.29 is 24.0 Å². The number of hydrogen-bond donors (Lipinski definition) is 1. The molecule has 9 nitrogen and oxygen atoms in total. The zero-order valence-electron chi connectivity index (χ0n) is 18.3. The molecule has 1 aromatic heterocycles. The van der Waals surface area contributed by atoms with Gasteiger partial charge in [-0.05, 0) is 65.2 Å². The highest BCUT2D eigenvalue weighted by Gasteiger charge is 2.33. The molecule has 0 bridgehead atoms. The van der Waals surface area contributed by atoms with Gasteiger partial charge in [0.25, 0.3) is 5.56 Å². The number of nitro groups is 1. The van der Waals surface area contributed by atoms with Crippen molar-refractivity contribution >= 4 is 45.0 Å². The Morgan fingerprint density at radius 3 is 2.69 bits per heavy atom. The number of carbonyl (C=O) groups is 1. The van der Waals surface area contributed by atoms with Crippen molar-refractivity contribution in [2.24, 2.45) is 4.99 Å². The normalized spacial score (nSPS) is 15.5. The lowest BCUT2D eigenvalue weighted by atomic mass is 9.96. The number of rotatable bonds is 5. The van der Waals surface area contributed by atoms with Crippen molar-refractivity contribution in [1.82, 2.24) is 4.57 Å². The number of benzene rings is 2. The number of phenols is 1. The van der Waals surface area contributed by atoms with Gasteiger partial charge in [0.05, 0.1) is 37.8 Å². The number of hydrogen-bond acceptors (Lipinski definition) is 8. The van der Waals surface area contributed by atoms with E-state index in [2.05, 4.69) is 20.9 Å². The van der Waals surface area contributed by atoms with Crippen LogP contribution in [0.3, 0.4) is 0 Å². The smallest absolute Gasteiger partial charge is 0.338 e. The fourth-order valence-electron chi connectivity index (χ4n) is 3.73. The molecular weight excluding hydrogens is 545 g/mol. The Hall–Kier alpha value is -3.64. The van der Waals surface area contributed by atoms with Crippen LogP contribution >= 0.6 is 27.3 Å². The number of ether oxygens (including phenoxy) is 1. The van der Waals surface area contributed by atoms with Crippen molar-refractivity contribution in [2.45, 2.75) is 19.9 Å². The van der Waals surface area contributed by atoms with Gasteiger partial charge in [-0.2, -0.15) is 0 Å². The molecule has 1 atom stereocenters. The predicted octanol–water partition coefficient (Wildman–Crippen LogP) is 3.31. The molecule has 0 radical (unpaired) electrons. The first-order valence-electron chi connectivity index (χ1n) is 10.2. The lowest BCUT2D eigenvalue weighted by Gasteiger charge is -2.24. The molecule has 180 valence electrons. The largest absolute Gasteiger partial charge is 0.501 e. The van der Waals surface area contributed by atoms with Crippen LogP contribution in [-0.4, -0.2) is 27.2 Å². The Morgan fingerprint density at radius 2 is 2.06 bits per heavy atom. The number of halogens is 2. The van der Waals surface area contributed by atoms with Crippen molar-refractivity contribution in [1.29, 1.82) is 0 Å². The van der Waals surface area contributed by atoms with Crippen LogP contribution < -0.4 is 14.9 Å². The van der Waals surface area contributed by atoms with Crippen molar-refractivity contribution in [3.05, 3.63) is 98.9 Å². The van der Waals surface area contributed by atoms with E-state index in [1.165, 1.54) is 41.0 Å². The highest BCUT2D eigenvalue weighted by molar-refractivity contribution is 9.10. The number of aromatic nitrogens is 1. The van der Waals surface area contributed by atoms with E-state index in [0.717, 1.165) is 17.4 Å². The van der Waals surface area contributed by atoms with E-state index in [1.807, 2.05) is 0 Å².